The Kier molecular flexibility index (Phi) is 3.29. The molecule has 1 rings (SSSR count). The predicted molar refractivity (Wildman–Crippen MR) is 54.5 cm³/mol. The molecule has 0 atom stereocenters. The zero-order valence-corrected chi connectivity index (χ0v) is 8.91. The van der Waals surface area contributed by atoms with Crippen molar-refractivity contribution in [1.29, 1.82) is 5.26 Å². The molecule has 0 unspecified atom stereocenters. The molecule has 6 heteroatoms. The lowest BCUT2D eigenvalue weighted by Crippen LogP contribution is -2.14. The molecule has 0 radical (unpaired) electrons. The molecule has 1 aromatic rings. The molecule has 0 amide bonds. The maximum Gasteiger partial charge on any atom is 0.213 e. The van der Waals surface area contributed by atoms with Crippen molar-refractivity contribution in [2.75, 3.05) is 7.11 Å². The summed E-state index contributed by atoms with van der Waals surface area (Å²) in [6, 6.07) is 6.46. The average molecular weight is 226 g/mol. The van der Waals surface area contributed by atoms with E-state index in [0.29, 0.717) is 16.9 Å². The molecule has 15 heavy (non-hydrogen) atoms. The Morgan fingerprint density at radius 1 is 1.53 bits per heavy atom. The summed E-state index contributed by atoms with van der Waals surface area (Å²) in [7, 11) is -2.13. The summed E-state index contributed by atoms with van der Waals surface area (Å²) in [5.41, 5.74) is 0.758. The van der Waals surface area contributed by atoms with Gasteiger partial charge in [-0.05, 0) is 17.7 Å². The summed E-state index contributed by atoms with van der Waals surface area (Å²) in [4.78, 5) is 0. The van der Waals surface area contributed by atoms with Crippen LogP contribution < -0.4 is 9.88 Å². The topological polar surface area (TPSA) is 93.2 Å². The van der Waals surface area contributed by atoms with Crippen molar-refractivity contribution in [2.24, 2.45) is 5.14 Å². The molecule has 0 aliphatic rings. The van der Waals surface area contributed by atoms with Gasteiger partial charge in [-0.25, -0.2) is 13.6 Å². The van der Waals surface area contributed by atoms with E-state index < -0.39 is 10.0 Å². The number of primary sulfonamides is 1. The predicted octanol–water partition coefficient (Wildman–Crippen LogP) is 0.355. The standard InChI is InChI=1S/C9H10N2O3S/c1-14-9-3-2-7(4-8(9)5-10)6-15(11,12)13/h2-4H,6H2,1H3,(H2,11,12,13). The third kappa shape index (κ3) is 3.23. The summed E-state index contributed by atoms with van der Waals surface area (Å²) in [5.74, 6) is 0.127. The van der Waals surface area contributed by atoms with Gasteiger partial charge in [0.25, 0.3) is 0 Å². The van der Waals surface area contributed by atoms with Crippen LogP contribution in [0.2, 0.25) is 0 Å². The number of hydrogen-bond acceptors (Lipinski definition) is 4. The summed E-state index contributed by atoms with van der Waals surface area (Å²) in [6.45, 7) is 0. The van der Waals surface area contributed by atoms with Gasteiger partial charge >= 0.3 is 0 Å². The van der Waals surface area contributed by atoms with Crippen molar-refractivity contribution in [3.63, 3.8) is 0 Å². The maximum atomic E-state index is 10.8. The van der Waals surface area contributed by atoms with Gasteiger partial charge in [0, 0.05) is 0 Å². The van der Waals surface area contributed by atoms with E-state index in [2.05, 4.69) is 0 Å². The number of rotatable bonds is 3. The van der Waals surface area contributed by atoms with Crippen molar-refractivity contribution < 1.29 is 13.2 Å². The lowest BCUT2D eigenvalue weighted by molar-refractivity contribution is 0.413. The molecule has 0 fully saturated rings. The van der Waals surface area contributed by atoms with Crippen LogP contribution >= 0.6 is 0 Å². The van der Waals surface area contributed by atoms with Gasteiger partial charge in [0.05, 0.1) is 18.4 Å². The average Bonchev–Trinajstić information content (AvgIpc) is 2.15. The van der Waals surface area contributed by atoms with E-state index in [4.69, 9.17) is 15.1 Å². The van der Waals surface area contributed by atoms with E-state index in [1.807, 2.05) is 6.07 Å². The monoisotopic (exact) mass is 226 g/mol. The third-order valence-electron chi connectivity index (χ3n) is 1.75. The molecule has 1 aromatic carbocycles. The molecule has 0 saturated heterocycles. The Balaban J connectivity index is 3.10. The Labute approximate surface area is 88.1 Å². The van der Waals surface area contributed by atoms with Gasteiger partial charge < -0.3 is 4.74 Å². The lowest BCUT2D eigenvalue weighted by Gasteiger charge is -2.04. The highest BCUT2D eigenvalue weighted by Gasteiger charge is 2.08. The second-order valence-electron chi connectivity index (χ2n) is 2.95. The van der Waals surface area contributed by atoms with E-state index in [9.17, 15) is 8.42 Å². The smallest absolute Gasteiger partial charge is 0.213 e. The number of nitriles is 1. The Morgan fingerprint density at radius 3 is 2.67 bits per heavy atom. The first-order valence-corrected chi connectivity index (χ1v) is 5.75. The van der Waals surface area contributed by atoms with Crippen LogP contribution in [0.15, 0.2) is 18.2 Å². The molecule has 0 saturated carbocycles. The molecular weight excluding hydrogens is 216 g/mol. The molecule has 0 aliphatic carbocycles. The molecule has 0 spiro atoms. The van der Waals surface area contributed by atoms with Gasteiger partial charge in [0.1, 0.15) is 11.8 Å². The molecule has 0 aromatic heterocycles. The zero-order chi connectivity index (χ0) is 11.5. The molecule has 0 bridgehead atoms. The van der Waals surface area contributed by atoms with E-state index in [1.165, 1.54) is 13.2 Å². The normalized spacial score (nSPS) is 10.7. The quantitative estimate of drug-likeness (QED) is 0.805. The Morgan fingerprint density at radius 2 is 2.20 bits per heavy atom. The van der Waals surface area contributed by atoms with E-state index in [0.717, 1.165) is 0 Å². The maximum absolute atomic E-state index is 10.8. The fraction of sp³-hybridized carbons (Fsp3) is 0.222. The molecular formula is C9H10N2O3S. The first-order chi connectivity index (χ1) is 6.96. The highest BCUT2D eigenvalue weighted by Crippen LogP contribution is 2.19. The molecule has 0 aliphatic heterocycles. The summed E-state index contributed by atoms with van der Waals surface area (Å²) in [5, 5.41) is 13.6. The van der Waals surface area contributed by atoms with Crippen LogP contribution in [0.25, 0.3) is 0 Å². The van der Waals surface area contributed by atoms with Crippen molar-refractivity contribution in [1.82, 2.24) is 0 Å². The van der Waals surface area contributed by atoms with Gasteiger partial charge in [-0.1, -0.05) is 6.07 Å². The number of benzene rings is 1. The van der Waals surface area contributed by atoms with Crippen molar-refractivity contribution >= 4 is 10.0 Å². The minimum atomic E-state index is -3.57. The fourth-order valence-electron chi connectivity index (χ4n) is 1.16. The van der Waals surface area contributed by atoms with Crippen LogP contribution in [0.5, 0.6) is 5.75 Å². The third-order valence-corrected chi connectivity index (χ3v) is 2.49. The van der Waals surface area contributed by atoms with E-state index >= 15 is 0 Å². The van der Waals surface area contributed by atoms with Crippen molar-refractivity contribution in [3.8, 4) is 11.8 Å². The number of methoxy groups -OCH3 is 1. The van der Waals surface area contributed by atoms with Crippen LogP contribution in [0.3, 0.4) is 0 Å². The fourth-order valence-corrected chi connectivity index (χ4v) is 1.81. The highest BCUT2D eigenvalue weighted by molar-refractivity contribution is 7.88. The van der Waals surface area contributed by atoms with Crippen LogP contribution in [0, 0.1) is 11.3 Å². The SMILES string of the molecule is COc1ccc(CS(N)(=O)=O)cc1C#N. The number of hydrogen-bond donors (Lipinski definition) is 1. The van der Waals surface area contributed by atoms with E-state index in [-0.39, 0.29) is 5.75 Å². The lowest BCUT2D eigenvalue weighted by atomic mass is 10.1. The zero-order valence-electron chi connectivity index (χ0n) is 8.10. The van der Waals surface area contributed by atoms with Crippen LogP contribution in [0.1, 0.15) is 11.1 Å². The first-order valence-electron chi connectivity index (χ1n) is 4.04. The van der Waals surface area contributed by atoms with E-state index in [1.54, 1.807) is 12.1 Å². The minimum absolute atomic E-state index is 0.286. The van der Waals surface area contributed by atoms with Crippen LogP contribution in [-0.4, -0.2) is 15.5 Å². The van der Waals surface area contributed by atoms with Gasteiger partial charge in [-0.15, -0.1) is 0 Å². The largest absolute Gasteiger partial charge is 0.495 e. The van der Waals surface area contributed by atoms with Crippen molar-refractivity contribution in [2.45, 2.75) is 5.75 Å². The van der Waals surface area contributed by atoms with Crippen molar-refractivity contribution in [3.05, 3.63) is 29.3 Å². The summed E-state index contributed by atoms with van der Waals surface area (Å²) >= 11 is 0. The Bertz CT molecular complexity index is 503. The molecule has 0 heterocycles. The summed E-state index contributed by atoms with van der Waals surface area (Å²) in [6.07, 6.45) is 0. The molecule has 2 N–H and O–H groups in total. The first kappa shape index (κ1) is 11.5. The summed E-state index contributed by atoms with van der Waals surface area (Å²) < 4.78 is 26.6. The van der Waals surface area contributed by atoms with Gasteiger partial charge in [0.2, 0.25) is 10.0 Å². The number of ether oxygens (including phenoxy) is 1. The number of nitrogens with zero attached hydrogens (tertiary/aromatic N) is 1. The molecule has 80 valence electrons. The Hall–Kier alpha value is -1.58. The second-order valence-corrected chi connectivity index (χ2v) is 4.57. The van der Waals surface area contributed by atoms with Crippen LogP contribution in [0.4, 0.5) is 0 Å². The number of nitrogens with two attached hydrogens (primary N) is 1. The second kappa shape index (κ2) is 4.29. The van der Waals surface area contributed by atoms with Gasteiger partial charge in [-0.3, -0.25) is 0 Å². The van der Waals surface area contributed by atoms with Crippen LogP contribution in [-0.2, 0) is 15.8 Å². The highest BCUT2D eigenvalue weighted by atomic mass is 32.2. The van der Waals surface area contributed by atoms with Gasteiger partial charge in [0.15, 0.2) is 0 Å². The van der Waals surface area contributed by atoms with Gasteiger partial charge in [-0.2, -0.15) is 5.26 Å². The number of sulfonamides is 1. The molecule has 5 nitrogen and oxygen atoms in total. The minimum Gasteiger partial charge on any atom is -0.495 e.